The molecule has 1 aliphatic rings. The maximum absolute atomic E-state index is 11.7. The number of aliphatic hydroxyl groups is 1. The van der Waals surface area contributed by atoms with Crippen molar-refractivity contribution in [3.8, 4) is 0 Å². The summed E-state index contributed by atoms with van der Waals surface area (Å²) in [5.41, 5.74) is -0.980. The molecule has 0 unspecified atom stereocenters. The molecular formula is C11H17N2Na2O8P. The van der Waals surface area contributed by atoms with Crippen LogP contribution in [0, 0.1) is 6.92 Å². The van der Waals surface area contributed by atoms with E-state index in [1.165, 1.54) is 13.1 Å². The van der Waals surface area contributed by atoms with Gasteiger partial charge in [0.1, 0.15) is 12.3 Å². The van der Waals surface area contributed by atoms with Crippen molar-refractivity contribution < 1.29 is 87.8 Å². The number of aliphatic hydroxyl groups excluding tert-OH is 1. The van der Waals surface area contributed by atoms with E-state index in [2.05, 4.69) is 9.51 Å². The van der Waals surface area contributed by atoms with Crippen LogP contribution in [0.2, 0.25) is 0 Å². The molecule has 1 aromatic heterocycles. The Hall–Kier alpha value is 0.710. The molecule has 0 amide bonds. The summed E-state index contributed by atoms with van der Waals surface area (Å²) < 4.78 is 20.8. The zero-order valence-corrected chi connectivity index (χ0v) is 17.8. The van der Waals surface area contributed by atoms with E-state index >= 15 is 0 Å². The first kappa shape index (κ1) is 26.9. The zero-order chi connectivity index (χ0) is 15.8. The minimum absolute atomic E-state index is 0. The standard InChI is InChI=1S/C10H15N2O8P.CH4.2Na/c1-5-3-12(10(15)11-9(5)14)8-2-6(13)7(20-8)4-19-21(16,17)18;;;/h3,6-8,13H,2,4H2,1H3,(H,11,14,15)(H2,16,17,18);1H4;;/q;;2*+1/p-2/t6-,7+,8+;;;/m0.../s1. The molecule has 1 aliphatic heterocycles. The van der Waals surface area contributed by atoms with Crippen molar-refractivity contribution in [2.45, 2.75) is 39.2 Å². The van der Waals surface area contributed by atoms with Crippen LogP contribution in [0.5, 0.6) is 0 Å². The molecule has 1 fully saturated rings. The molecule has 0 spiro atoms. The summed E-state index contributed by atoms with van der Waals surface area (Å²) in [6.07, 6.45) is -1.81. The first-order chi connectivity index (χ1) is 9.67. The number of H-pyrrole nitrogens is 1. The van der Waals surface area contributed by atoms with Crippen molar-refractivity contribution in [3.05, 3.63) is 32.6 Å². The van der Waals surface area contributed by atoms with Crippen molar-refractivity contribution in [2.24, 2.45) is 0 Å². The average Bonchev–Trinajstić information content (AvgIpc) is 2.72. The molecule has 3 atom stereocenters. The molecule has 13 heteroatoms. The fraction of sp³-hybridized carbons (Fsp3) is 0.636. The number of ether oxygens (including phenoxy) is 1. The Balaban J connectivity index is 0. The van der Waals surface area contributed by atoms with E-state index < -0.39 is 44.1 Å². The van der Waals surface area contributed by atoms with Gasteiger partial charge >= 0.3 is 64.8 Å². The van der Waals surface area contributed by atoms with Crippen molar-refractivity contribution >= 4 is 7.82 Å². The first-order valence-corrected chi connectivity index (χ1v) is 7.45. The number of nitrogens with zero attached hydrogens (tertiary/aromatic N) is 1. The minimum atomic E-state index is -5.17. The Morgan fingerprint density at radius 2 is 2.04 bits per heavy atom. The fourth-order valence-electron chi connectivity index (χ4n) is 2.00. The normalized spacial score (nSPS) is 22.9. The Morgan fingerprint density at radius 1 is 1.46 bits per heavy atom. The summed E-state index contributed by atoms with van der Waals surface area (Å²) in [7, 11) is -5.17. The first-order valence-electron chi connectivity index (χ1n) is 5.99. The molecule has 2 N–H and O–H groups in total. The number of hydrogen-bond acceptors (Lipinski definition) is 8. The number of aromatic nitrogens is 2. The number of rotatable bonds is 4. The summed E-state index contributed by atoms with van der Waals surface area (Å²) in [6.45, 7) is 0.852. The van der Waals surface area contributed by atoms with Gasteiger partial charge in [-0.3, -0.25) is 14.3 Å². The molecule has 1 saturated heterocycles. The van der Waals surface area contributed by atoms with Crippen LogP contribution >= 0.6 is 7.82 Å². The number of phosphoric acid groups is 1. The molecule has 0 radical (unpaired) electrons. The average molecular weight is 382 g/mol. The Morgan fingerprint density at radius 3 is 2.58 bits per heavy atom. The van der Waals surface area contributed by atoms with Gasteiger partial charge in [0.15, 0.2) is 0 Å². The molecule has 2 rings (SSSR count). The molecule has 1 aromatic rings. The second-order valence-corrected chi connectivity index (χ2v) is 5.81. The summed E-state index contributed by atoms with van der Waals surface area (Å²) >= 11 is 0. The van der Waals surface area contributed by atoms with Gasteiger partial charge in [-0.05, 0) is 6.92 Å². The van der Waals surface area contributed by atoms with E-state index in [9.17, 15) is 29.0 Å². The third kappa shape index (κ3) is 7.14. The molecule has 0 aromatic carbocycles. The predicted octanol–water partition coefficient (Wildman–Crippen LogP) is -8.02. The monoisotopic (exact) mass is 382 g/mol. The zero-order valence-electron chi connectivity index (χ0n) is 12.9. The minimum Gasteiger partial charge on any atom is -0.790 e. The largest absolute Gasteiger partial charge is 1.00 e. The maximum atomic E-state index is 11.7. The van der Waals surface area contributed by atoms with Crippen LogP contribution in [0.4, 0.5) is 0 Å². The number of nitrogens with one attached hydrogen (secondary N) is 1. The molecule has 10 nitrogen and oxygen atoms in total. The Kier molecular flexibility index (Phi) is 12.1. The van der Waals surface area contributed by atoms with Gasteiger partial charge in [-0.1, -0.05) is 7.43 Å². The van der Waals surface area contributed by atoms with E-state index in [-0.39, 0.29) is 78.5 Å². The number of phosphoric ester groups is 1. The Labute approximate surface area is 182 Å². The van der Waals surface area contributed by atoms with Crippen molar-refractivity contribution in [2.75, 3.05) is 6.61 Å². The predicted molar refractivity (Wildman–Crippen MR) is 70.9 cm³/mol. The number of hydrogen-bond donors (Lipinski definition) is 2. The van der Waals surface area contributed by atoms with Gasteiger partial charge in [0.2, 0.25) is 0 Å². The third-order valence-electron chi connectivity index (χ3n) is 3.06. The van der Waals surface area contributed by atoms with E-state index in [1.54, 1.807) is 0 Å². The maximum Gasteiger partial charge on any atom is 1.00 e. The summed E-state index contributed by atoms with van der Waals surface area (Å²) in [6, 6.07) is 0. The molecule has 2 heterocycles. The smallest absolute Gasteiger partial charge is 0.790 e. The third-order valence-corrected chi connectivity index (χ3v) is 3.52. The van der Waals surface area contributed by atoms with Crippen LogP contribution in [0.1, 0.15) is 25.6 Å². The SMILES string of the molecule is C.Cc1cn([C@H]2C[C@H](O)[C@@H](COP(=O)([O-])[O-])O2)c(=O)[nH]c1=O.[Na+].[Na+]. The second-order valence-electron chi connectivity index (χ2n) is 4.65. The molecular weight excluding hydrogens is 365 g/mol. The summed E-state index contributed by atoms with van der Waals surface area (Å²) in [4.78, 5) is 45.8. The number of aryl methyl sites for hydroxylation is 1. The van der Waals surface area contributed by atoms with Crippen LogP contribution in [0.25, 0.3) is 0 Å². The van der Waals surface area contributed by atoms with E-state index in [4.69, 9.17) is 4.74 Å². The summed E-state index contributed by atoms with van der Waals surface area (Å²) in [5.74, 6) is 0. The van der Waals surface area contributed by atoms with Crippen molar-refractivity contribution in [1.82, 2.24) is 9.55 Å². The van der Waals surface area contributed by atoms with E-state index in [0.717, 1.165) is 4.57 Å². The van der Waals surface area contributed by atoms with Crippen LogP contribution in [-0.2, 0) is 13.8 Å². The summed E-state index contributed by atoms with van der Waals surface area (Å²) in [5, 5.41) is 9.75. The van der Waals surface area contributed by atoms with Crippen LogP contribution < -0.4 is 80.2 Å². The molecule has 0 aliphatic carbocycles. The number of aromatic amines is 1. The van der Waals surface area contributed by atoms with Crippen LogP contribution in [-0.4, -0.2) is 33.5 Å². The molecule has 0 bridgehead atoms. The van der Waals surface area contributed by atoms with Gasteiger partial charge < -0.3 is 28.7 Å². The van der Waals surface area contributed by atoms with Gasteiger partial charge in [-0.25, -0.2) is 4.79 Å². The van der Waals surface area contributed by atoms with Crippen molar-refractivity contribution in [1.29, 1.82) is 0 Å². The van der Waals surface area contributed by atoms with Gasteiger partial charge in [0.05, 0.1) is 20.5 Å². The Bertz CT molecular complexity index is 687. The van der Waals surface area contributed by atoms with Gasteiger partial charge in [0, 0.05) is 18.2 Å². The quantitative estimate of drug-likeness (QED) is 0.384. The molecule has 24 heavy (non-hydrogen) atoms. The fourth-order valence-corrected chi connectivity index (χ4v) is 2.33. The van der Waals surface area contributed by atoms with E-state index in [1.807, 2.05) is 0 Å². The van der Waals surface area contributed by atoms with Crippen LogP contribution in [0.3, 0.4) is 0 Å². The van der Waals surface area contributed by atoms with Gasteiger partial charge in [0.25, 0.3) is 5.56 Å². The molecule has 126 valence electrons. The van der Waals surface area contributed by atoms with Gasteiger partial charge in [-0.2, -0.15) is 0 Å². The van der Waals surface area contributed by atoms with Gasteiger partial charge in [-0.15, -0.1) is 0 Å². The van der Waals surface area contributed by atoms with Crippen molar-refractivity contribution in [3.63, 3.8) is 0 Å². The molecule has 0 saturated carbocycles. The van der Waals surface area contributed by atoms with E-state index in [0.29, 0.717) is 0 Å². The second kappa shape index (κ2) is 10.8. The topological polar surface area (TPSA) is 157 Å². The van der Waals surface area contributed by atoms with Crippen LogP contribution in [0.15, 0.2) is 15.8 Å².